The van der Waals surface area contributed by atoms with Crippen LogP contribution in [0.1, 0.15) is 44.3 Å². The summed E-state index contributed by atoms with van der Waals surface area (Å²) in [4.78, 5) is 29.3. The van der Waals surface area contributed by atoms with Crippen LogP contribution >= 0.6 is 11.8 Å². The Morgan fingerprint density at radius 2 is 1.92 bits per heavy atom. The molecule has 0 aliphatic heterocycles. The van der Waals surface area contributed by atoms with Gasteiger partial charge in [-0.2, -0.15) is 11.8 Å². The quantitative estimate of drug-likeness (QED) is 0.758. The molecule has 0 radical (unpaired) electrons. The van der Waals surface area contributed by atoms with E-state index in [1.165, 1.54) is 0 Å². The van der Waals surface area contributed by atoms with Crippen LogP contribution in [0.25, 0.3) is 11.0 Å². The van der Waals surface area contributed by atoms with Crippen molar-refractivity contribution in [1.82, 2.24) is 14.9 Å². The number of aliphatic carboxylic acids is 1. The number of nitrogens with one attached hydrogen (secondary N) is 1. The third-order valence-corrected chi connectivity index (χ3v) is 5.60. The van der Waals surface area contributed by atoms with E-state index in [4.69, 9.17) is 0 Å². The number of aromatic nitrogens is 2. The van der Waals surface area contributed by atoms with E-state index < -0.39 is 11.5 Å². The van der Waals surface area contributed by atoms with Gasteiger partial charge in [-0.1, -0.05) is 37.8 Å². The molecular weight excluding hydrogens is 350 g/mol. The summed E-state index contributed by atoms with van der Waals surface area (Å²) in [7, 11) is 0. The zero-order chi connectivity index (χ0) is 18.6. The molecule has 1 aromatic carbocycles. The van der Waals surface area contributed by atoms with E-state index >= 15 is 0 Å². The van der Waals surface area contributed by atoms with E-state index in [0.29, 0.717) is 18.6 Å². The molecule has 140 valence electrons. The molecule has 0 spiro atoms. The number of imidazole rings is 1. The lowest BCUT2D eigenvalue weighted by Gasteiger charge is -2.29. The molecule has 1 aliphatic carbocycles. The van der Waals surface area contributed by atoms with Crippen molar-refractivity contribution < 1.29 is 14.7 Å². The topological polar surface area (TPSA) is 84.2 Å². The van der Waals surface area contributed by atoms with Crippen LogP contribution in [-0.2, 0) is 21.9 Å². The Morgan fingerprint density at radius 3 is 2.58 bits per heavy atom. The van der Waals surface area contributed by atoms with Crippen LogP contribution in [0.4, 0.5) is 0 Å². The van der Waals surface area contributed by atoms with Gasteiger partial charge in [0.15, 0.2) is 0 Å². The Balaban J connectivity index is 1.84. The number of nitrogens with zero attached hydrogens (tertiary/aromatic N) is 2. The van der Waals surface area contributed by atoms with Crippen molar-refractivity contribution in [2.24, 2.45) is 0 Å². The summed E-state index contributed by atoms with van der Waals surface area (Å²) in [6.45, 7) is 0.0887. The zero-order valence-electron chi connectivity index (χ0n) is 15.0. The molecule has 7 heteroatoms. The lowest BCUT2D eigenvalue weighted by atomic mass is 9.90. The van der Waals surface area contributed by atoms with Gasteiger partial charge in [-0.15, -0.1) is 0 Å². The number of amides is 1. The molecule has 3 rings (SSSR count). The highest BCUT2D eigenvalue weighted by Crippen LogP contribution is 2.28. The number of benzene rings is 1. The molecule has 2 N–H and O–H groups in total. The Hall–Kier alpha value is -2.02. The van der Waals surface area contributed by atoms with Gasteiger partial charge >= 0.3 is 5.97 Å². The molecule has 2 aromatic rings. The molecular formula is C19H25N3O3S. The first-order chi connectivity index (χ1) is 12.6. The minimum atomic E-state index is -1.14. The molecule has 1 saturated carbocycles. The summed E-state index contributed by atoms with van der Waals surface area (Å²) >= 11 is 1.64. The average molecular weight is 375 g/mol. The maximum Gasteiger partial charge on any atom is 0.329 e. The van der Waals surface area contributed by atoms with E-state index in [0.717, 1.165) is 42.5 Å². The van der Waals surface area contributed by atoms with Gasteiger partial charge in [0.2, 0.25) is 5.91 Å². The Morgan fingerprint density at radius 1 is 1.23 bits per heavy atom. The van der Waals surface area contributed by atoms with Crippen LogP contribution in [0.5, 0.6) is 0 Å². The van der Waals surface area contributed by atoms with Gasteiger partial charge in [0.25, 0.3) is 0 Å². The summed E-state index contributed by atoms with van der Waals surface area (Å²) in [5.41, 5.74) is 0.618. The van der Waals surface area contributed by atoms with Crippen LogP contribution in [0.2, 0.25) is 0 Å². The molecule has 0 unspecified atom stereocenters. The van der Waals surface area contributed by atoms with Crippen molar-refractivity contribution in [3.63, 3.8) is 0 Å². The monoisotopic (exact) mass is 375 g/mol. The molecule has 6 nitrogen and oxygen atoms in total. The highest BCUT2D eigenvalue weighted by atomic mass is 32.2. The maximum atomic E-state index is 12.8. The van der Waals surface area contributed by atoms with Crippen molar-refractivity contribution in [3.8, 4) is 0 Å². The standard InChI is InChI=1S/C19H25N3O3S/c1-26-13-16-20-14-8-4-5-9-15(14)22(16)12-17(23)21-19(18(24)25)10-6-2-3-7-11-19/h4-5,8-9H,2-3,6-7,10-13H2,1H3,(H,21,23)(H,24,25). The van der Waals surface area contributed by atoms with Crippen molar-refractivity contribution in [1.29, 1.82) is 0 Å². The molecule has 0 saturated heterocycles. The van der Waals surface area contributed by atoms with Gasteiger partial charge in [0.05, 0.1) is 16.8 Å². The van der Waals surface area contributed by atoms with Crippen LogP contribution in [0.3, 0.4) is 0 Å². The summed E-state index contributed by atoms with van der Waals surface area (Å²) in [5.74, 6) is 0.345. The van der Waals surface area contributed by atoms with Gasteiger partial charge < -0.3 is 15.0 Å². The Labute approximate surface area is 157 Å². The predicted molar refractivity (Wildman–Crippen MR) is 103 cm³/mol. The third kappa shape index (κ3) is 3.87. The van der Waals surface area contributed by atoms with E-state index in [2.05, 4.69) is 10.3 Å². The van der Waals surface area contributed by atoms with E-state index in [1.807, 2.05) is 35.1 Å². The normalized spacial score (nSPS) is 17.0. The van der Waals surface area contributed by atoms with E-state index in [9.17, 15) is 14.7 Å². The lowest BCUT2D eigenvalue weighted by molar-refractivity contribution is -0.148. The maximum absolute atomic E-state index is 12.8. The summed E-state index contributed by atoms with van der Waals surface area (Å²) < 4.78 is 1.90. The molecule has 0 bridgehead atoms. The molecule has 1 amide bonds. The minimum Gasteiger partial charge on any atom is -0.480 e. The fourth-order valence-corrected chi connectivity index (χ4v) is 4.19. The van der Waals surface area contributed by atoms with Crippen molar-refractivity contribution >= 4 is 34.7 Å². The largest absolute Gasteiger partial charge is 0.480 e. The summed E-state index contributed by atoms with van der Waals surface area (Å²) in [6, 6.07) is 7.72. The summed E-state index contributed by atoms with van der Waals surface area (Å²) in [6.07, 6.45) is 6.70. The lowest BCUT2D eigenvalue weighted by Crippen LogP contribution is -2.55. The molecule has 1 fully saturated rings. The molecule has 1 aliphatic rings. The third-order valence-electron chi connectivity index (χ3n) is 5.05. The number of hydrogen-bond acceptors (Lipinski definition) is 4. The first-order valence-corrected chi connectivity index (χ1v) is 10.4. The molecule has 0 atom stereocenters. The van der Waals surface area contributed by atoms with Gasteiger partial charge in [0, 0.05) is 0 Å². The van der Waals surface area contributed by atoms with Crippen LogP contribution in [0, 0.1) is 0 Å². The fourth-order valence-electron chi connectivity index (χ4n) is 3.72. The first-order valence-electron chi connectivity index (χ1n) is 9.03. The number of hydrogen-bond donors (Lipinski definition) is 2. The second kappa shape index (κ2) is 8.12. The minimum absolute atomic E-state index is 0.0887. The molecule has 1 aromatic heterocycles. The van der Waals surface area contributed by atoms with E-state index in [1.54, 1.807) is 11.8 Å². The zero-order valence-corrected chi connectivity index (χ0v) is 15.8. The number of carboxylic acids is 1. The van der Waals surface area contributed by atoms with Crippen molar-refractivity contribution in [2.45, 2.75) is 56.4 Å². The van der Waals surface area contributed by atoms with Gasteiger partial charge in [-0.05, 0) is 31.2 Å². The number of carbonyl (C=O) groups excluding carboxylic acids is 1. The fraction of sp³-hybridized carbons (Fsp3) is 0.526. The van der Waals surface area contributed by atoms with Crippen molar-refractivity contribution in [2.75, 3.05) is 6.26 Å². The number of para-hydroxylation sites is 2. The van der Waals surface area contributed by atoms with Crippen LogP contribution in [-0.4, -0.2) is 38.3 Å². The first kappa shape index (κ1) is 18.8. The highest BCUT2D eigenvalue weighted by molar-refractivity contribution is 7.97. The predicted octanol–water partition coefficient (Wildman–Crippen LogP) is 3.19. The Kier molecular flexibility index (Phi) is 5.86. The average Bonchev–Trinajstić information content (AvgIpc) is 2.79. The van der Waals surface area contributed by atoms with Crippen molar-refractivity contribution in [3.05, 3.63) is 30.1 Å². The number of rotatable bonds is 6. The van der Waals surface area contributed by atoms with Gasteiger partial charge in [0.1, 0.15) is 17.9 Å². The smallest absolute Gasteiger partial charge is 0.329 e. The number of thioether (sulfide) groups is 1. The second-order valence-corrected chi connectivity index (χ2v) is 7.75. The number of carbonyl (C=O) groups is 2. The Bertz CT molecular complexity index is 794. The van der Waals surface area contributed by atoms with Gasteiger partial charge in [-0.25, -0.2) is 9.78 Å². The van der Waals surface area contributed by atoms with E-state index in [-0.39, 0.29) is 12.5 Å². The van der Waals surface area contributed by atoms with Crippen LogP contribution in [0.15, 0.2) is 24.3 Å². The number of carboxylic acid groups (broad SMARTS) is 1. The van der Waals surface area contributed by atoms with Crippen LogP contribution < -0.4 is 5.32 Å². The molecule has 1 heterocycles. The summed E-state index contributed by atoms with van der Waals surface area (Å²) in [5, 5.41) is 12.6. The highest BCUT2D eigenvalue weighted by Gasteiger charge is 2.40. The number of fused-ring (bicyclic) bond motifs is 1. The second-order valence-electron chi connectivity index (χ2n) is 6.89. The SMILES string of the molecule is CSCc1nc2ccccc2n1CC(=O)NC1(C(=O)O)CCCCCC1. The molecule has 26 heavy (non-hydrogen) atoms. The van der Waals surface area contributed by atoms with Gasteiger partial charge in [-0.3, -0.25) is 4.79 Å².